The number of nitrogens with one attached hydrogen (secondary N) is 1. The molecule has 1 amide bonds. The molecule has 1 aromatic heterocycles. The highest BCUT2D eigenvalue weighted by molar-refractivity contribution is 5.94. The van der Waals surface area contributed by atoms with Crippen molar-refractivity contribution in [1.29, 1.82) is 0 Å². The van der Waals surface area contributed by atoms with Crippen molar-refractivity contribution < 1.29 is 9.59 Å². The Morgan fingerprint density at radius 1 is 1.17 bits per heavy atom. The number of allylic oxidation sites excluding steroid dienone is 3. The second-order valence-corrected chi connectivity index (χ2v) is 7.31. The van der Waals surface area contributed by atoms with Crippen molar-refractivity contribution in [3.05, 3.63) is 70.8 Å². The Morgan fingerprint density at radius 2 is 1.97 bits per heavy atom. The number of aryl methyl sites for hydroxylation is 2. The van der Waals surface area contributed by atoms with E-state index >= 15 is 0 Å². The molecule has 0 saturated heterocycles. The van der Waals surface area contributed by atoms with Crippen molar-refractivity contribution in [2.24, 2.45) is 0 Å². The lowest BCUT2D eigenvalue weighted by Gasteiger charge is -2.09. The molecule has 3 rings (SSSR count). The van der Waals surface area contributed by atoms with Crippen LogP contribution in [0.2, 0.25) is 0 Å². The van der Waals surface area contributed by atoms with Crippen LogP contribution in [0.5, 0.6) is 0 Å². The Labute approximate surface area is 171 Å². The van der Waals surface area contributed by atoms with Gasteiger partial charge < -0.3 is 9.88 Å². The number of benzene rings is 1. The molecular formula is C23H28N4O2. The van der Waals surface area contributed by atoms with E-state index in [0.29, 0.717) is 38.6 Å². The molecule has 0 atom stereocenters. The Hall–Kier alpha value is -3.02. The lowest BCUT2D eigenvalue weighted by Crippen LogP contribution is -2.27. The monoisotopic (exact) mass is 392 g/mol. The van der Waals surface area contributed by atoms with Gasteiger partial charge in [0.2, 0.25) is 5.91 Å². The molecule has 0 saturated carbocycles. The molecule has 6 heteroatoms. The van der Waals surface area contributed by atoms with E-state index in [1.165, 1.54) is 5.56 Å². The summed E-state index contributed by atoms with van der Waals surface area (Å²) in [4.78, 5) is 24.4. The number of Topliss-reactive ketones (excluding diaryl/α,β-unsaturated/α-hetero) is 1. The van der Waals surface area contributed by atoms with Crippen LogP contribution in [0.15, 0.2) is 48.1 Å². The predicted molar refractivity (Wildman–Crippen MR) is 112 cm³/mol. The van der Waals surface area contributed by atoms with Crippen LogP contribution in [0, 0.1) is 6.92 Å². The van der Waals surface area contributed by atoms with E-state index in [1.54, 1.807) is 0 Å². The fourth-order valence-corrected chi connectivity index (χ4v) is 3.51. The van der Waals surface area contributed by atoms with Gasteiger partial charge in [-0.05, 0) is 25.8 Å². The van der Waals surface area contributed by atoms with Gasteiger partial charge in [0, 0.05) is 44.3 Å². The van der Waals surface area contributed by atoms with Gasteiger partial charge in [0.1, 0.15) is 17.4 Å². The van der Waals surface area contributed by atoms with Gasteiger partial charge in [-0.15, -0.1) is 10.2 Å². The zero-order chi connectivity index (χ0) is 20.6. The number of carbonyl (C=O) groups is 2. The molecule has 1 aliphatic rings. The average Bonchev–Trinajstić information content (AvgIpc) is 3.36. The molecule has 2 aromatic rings. The lowest BCUT2D eigenvalue weighted by molar-refractivity contribution is -0.118. The Balaban J connectivity index is 1.49. The van der Waals surface area contributed by atoms with Gasteiger partial charge in [0.25, 0.3) is 0 Å². The molecule has 1 heterocycles. The summed E-state index contributed by atoms with van der Waals surface area (Å²) in [6, 6.07) is 8.06. The molecule has 6 nitrogen and oxygen atoms in total. The number of hydrogen-bond acceptors (Lipinski definition) is 4. The normalized spacial score (nSPS) is 12.8. The fourth-order valence-electron chi connectivity index (χ4n) is 3.51. The first-order chi connectivity index (χ1) is 14.1. The van der Waals surface area contributed by atoms with E-state index in [2.05, 4.69) is 21.6 Å². The number of amides is 1. The lowest BCUT2D eigenvalue weighted by atomic mass is 10.0. The van der Waals surface area contributed by atoms with Gasteiger partial charge in [-0.25, -0.2) is 0 Å². The summed E-state index contributed by atoms with van der Waals surface area (Å²) >= 11 is 0. The second kappa shape index (κ2) is 9.96. The van der Waals surface area contributed by atoms with Crippen molar-refractivity contribution in [3.63, 3.8) is 0 Å². The average molecular weight is 393 g/mol. The first kappa shape index (κ1) is 20.7. The Bertz CT molecular complexity index is 940. The minimum Gasteiger partial charge on any atom is -0.352 e. The summed E-state index contributed by atoms with van der Waals surface area (Å²) in [5.41, 5.74) is 3.00. The molecule has 1 aliphatic carbocycles. The summed E-state index contributed by atoms with van der Waals surface area (Å²) in [6.07, 6.45) is 8.49. The summed E-state index contributed by atoms with van der Waals surface area (Å²) in [7, 11) is 0. The molecule has 0 fully saturated rings. The maximum absolute atomic E-state index is 12.4. The van der Waals surface area contributed by atoms with Crippen LogP contribution in [0.25, 0.3) is 0 Å². The highest BCUT2D eigenvalue weighted by atomic mass is 16.1. The van der Waals surface area contributed by atoms with Gasteiger partial charge in [0.05, 0.1) is 0 Å². The number of aromatic nitrogens is 3. The van der Waals surface area contributed by atoms with E-state index in [1.807, 2.05) is 54.8 Å². The molecular weight excluding hydrogens is 364 g/mol. The van der Waals surface area contributed by atoms with Crippen molar-refractivity contribution >= 4 is 11.7 Å². The Morgan fingerprint density at radius 3 is 2.66 bits per heavy atom. The first-order valence-corrected chi connectivity index (χ1v) is 10.2. The number of nitrogens with zero attached hydrogens (tertiary/aromatic N) is 3. The number of ketones is 1. The van der Waals surface area contributed by atoms with Gasteiger partial charge >= 0.3 is 0 Å². The maximum Gasteiger partial charge on any atom is 0.247 e. The van der Waals surface area contributed by atoms with Crippen LogP contribution in [0.1, 0.15) is 42.5 Å². The molecule has 0 radical (unpaired) electrons. The van der Waals surface area contributed by atoms with E-state index in [4.69, 9.17) is 0 Å². The van der Waals surface area contributed by atoms with Crippen LogP contribution in [0.3, 0.4) is 0 Å². The highest BCUT2D eigenvalue weighted by Crippen LogP contribution is 2.11. The summed E-state index contributed by atoms with van der Waals surface area (Å²) < 4.78 is 2.04. The van der Waals surface area contributed by atoms with Gasteiger partial charge in [0.15, 0.2) is 0 Å². The fraction of sp³-hybridized carbons (Fsp3) is 0.391. The summed E-state index contributed by atoms with van der Waals surface area (Å²) in [6.45, 7) is 5.33. The first-order valence-electron chi connectivity index (χ1n) is 10.2. The van der Waals surface area contributed by atoms with Crippen molar-refractivity contribution in [3.8, 4) is 0 Å². The topological polar surface area (TPSA) is 76.9 Å². The molecule has 0 bridgehead atoms. The minimum atomic E-state index is -0.0282. The van der Waals surface area contributed by atoms with Gasteiger partial charge in [-0.3, -0.25) is 9.59 Å². The van der Waals surface area contributed by atoms with E-state index in [9.17, 15) is 9.59 Å². The van der Waals surface area contributed by atoms with Crippen molar-refractivity contribution in [1.82, 2.24) is 20.1 Å². The van der Waals surface area contributed by atoms with E-state index in [-0.39, 0.29) is 11.7 Å². The number of rotatable bonds is 10. The minimum absolute atomic E-state index is 0.0282. The zero-order valence-electron chi connectivity index (χ0n) is 17.1. The molecule has 0 aliphatic heterocycles. The number of hydrogen-bond donors (Lipinski definition) is 1. The third-order valence-electron chi connectivity index (χ3n) is 5.03. The molecule has 0 unspecified atom stereocenters. The number of carbonyl (C=O) groups excluding carboxylic acids is 2. The summed E-state index contributed by atoms with van der Waals surface area (Å²) in [5, 5.41) is 11.5. The predicted octanol–water partition coefficient (Wildman–Crippen LogP) is 2.90. The molecule has 29 heavy (non-hydrogen) atoms. The van der Waals surface area contributed by atoms with Crippen molar-refractivity contribution in [2.45, 2.75) is 52.5 Å². The molecule has 1 aromatic carbocycles. The standard InChI is InChI=1S/C23H28N4O2/c1-3-27-21(12-11-20(28)16-18-8-6-7-17(2)15-18)25-26-22(27)13-14-24-23(29)19-9-4-5-10-19/h4-9,15H,3,10-14,16H2,1-2H3,(H,24,29). The van der Waals surface area contributed by atoms with Crippen LogP contribution >= 0.6 is 0 Å². The van der Waals surface area contributed by atoms with Crippen LogP contribution in [-0.2, 0) is 35.4 Å². The van der Waals surface area contributed by atoms with Crippen LogP contribution in [-0.4, -0.2) is 33.0 Å². The molecule has 152 valence electrons. The van der Waals surface area contributed by atoms with Gasteiger partial charge in [-0.1, -0.05) is 48.1 Å². The molecule has 1 N–H and O–H groups in total. The third kappa shape index (κ3) is 5.73. The Kier molecular flexibility index (Phi) is 7.11. The molecule has 0 spiro atoms. The largest absolute Gasteiger partial charge is 0.352 e. The van der Waals surface area contributed by atoms with Crippen LogP contribution < -0.4 is 5.32 Å². The van der Waals surface area contributed by atoms with Crippen LogP contribution in [0.4, 0.5) is 0 Å². The zero-order valence-corrected chi connectivity index (χ0v) is 17.1. The van der Waals surface area contributed by atoms with Gasteiger partial charge in [-0.2, -0.15) is 0 Å². The third-order valence-corrected chi connectivity index (χ3v) is 5.03. The quantitative estimate of drug-likeness (QED) is 0.674. The SMILES string of the molecule is CCn1c(CCNC(=O)C2=CC=CC2)nnc1CCC(=O)Cc1cccc(C)c1. The van der Waals surface area contributed by atoms with E-state index in [0.717, 1.165) is 29.3 Å². The van der Waals surface area contributed by atoms with Crippen molar-refractivity contribution in [2.75, 3.05) is 6.54 Å². The summed E-state index contributed by atoms with van der Waals surface area (Å²) in [5.74, 6) is 1.84. The smallest absolute Gasteiger partial charge is 0.247 e. The highest BCUT2D eigenvalue weighted by Gasteiger charge is 2.14. The second-order valence-electron chi connectivity index (χ2n) is 7.31. The maximum atomic E-state index is 12.4. The van der Waals surface area contributed by atoms with E-state index < -0.39 is 0 Å².